The third-order valence-corrected chi connectivity index (χ3v) is 4.61. The van der Waals surface area contributed by atoms with E-state index in [9.17, 15) is 4.79 Å². The summed E-state index contributed by atoms with van der Waals surface area (Å²) < 4.78 is 2.34. The van der Waals surface area contributed by atoms with E-state index in [4.69, 9.17) is 0 Å². The molecule has 1 aromatic heterocycles. The molecular formula is C19H25N3O. The highest BCUT2D eigenvalue weighted by Crippen LogP contribution is 2.31. The molecule has 4 heteroatoms. The maximum Gasteiger partial charge on any atom is 0.322 e. The van der Waals surface area contributed by atoms with Gasteiger partial charge in [-0.25, -0.2) is 4.79 Å². The van der Waals surface area contributed by atoms with Gasteiger partial charge in [-0.2, -0.15) is 0 Å². The van der Waals surface area contributed by atoms with E-state index in [1.54, 1.807) is 0 Å². The normalized spacial score (nSPS) is 17.0. The molecule has 0 aliphatic carbocycles. The summed E-state index contributed by atoms with van der Waals surface area (Å²) in [6.07, 6.45) is 2.05. The zero-order valence-corrected chi connectivity index (χ0v) is 14.2. The van der Waals surface area contributed by atoms with Crippen molar-refractivity contribution in [1.82, 2.24) is 9.47 Å². The highest BCUT2D eigenvalue weighted by Gasteiger charge is 2.31. The van der Waals surface area contributed by atoms with E-state index in [2.05, 4.69) is 35.9 Å². The number of aromatic nitrogens is 1. The SMILES string of the molecule is CCCC1c2ccc(C)n2CCN1C(=O)Nc1cccc(C)c1. The van der Waals surface area contributed by atoms with Gasteiger partial charge in [-0.05, 0) is 50.1 Å². The van der Waals surface area contributed by atoms with Crippen LogP contribution in [0.5, 0.6) is 0 Å². The van der Waals surface area contributed by atoms with Gasteiger partial charge in [0.25, 0.3) is 0 Å². The molecule has 3 rings (SSSR count). The van der Waals surface area contributed by atoms with Gasteiger partial charge in [0.15, 0.2) is 0 Å². The summed E-state index contributed by atoms with van der Waals surface area (Å²) in [4.78, 5) is 14.8. The number of amides is 2. The van der Waals surface area contributed by atoms with E-state index in [1.165, 1.54) is 11.4 Å². The second-order valence-corrected chi connectivity index (χ2v) is 6.35. The molecule has 4 nitrogen and oxygen atoms in total. The van der Waals surface area contributed by atoms with E-state index in [-0.39, 0.29) is 12.1 Å². The first-order chi connectivity index (χ1) is 11.1. The molecule has 1 N–H and O–H groups in total. The van der Waals surface area contributed by atoms with Gasteiger partial charge in [0, 0.05) is 30.2 Å². The fourth-order valence-corrected chi connectivity index (χ4v) is 3.45. The Hall–Kier alpha value is -2.23. The van der Waals surface area contributed by atoms with Crippen molar-refractivity contribution in [1.29, 1.82) is 0 Å². The van der Waals surface area contributed by atoms with E-state index >= 15 is 0 Å². The zero-order chi connectivity index (χ0) is 16.4. The monoisotopic (exact) mass is 311 g/mol. The van der Waals surface area contributed by atoms with Crippen LogP contribution >= 0.6 is 0 Å². The first kappa shape index (κ1) is 15.7. The Labute approximate surface area is 138 Å². The van der Waals surface area contributed by atoms with E-state index in [0.29, 0.717) is 0 Å². The number of carbonyl (C=O) groups excluding carboxylic acids is 1. The Balaban J connectivity index is 1.82. The number of carbonyl (C=O) groups is 1. The molecule has 2 aromatic rings. The van der Waals surface area contributed by atoms with Crippen LogP contribution in [-0.4, -0.2) is 22.0 Å². The number of benzene rings is 1. The molecule has 122 valence electrons. The minimum absolute atomic E-state index is 0.000784. The number of nitrogens with zero attached hydrogens (tertiary/aromatic N) is 2. The summed E-state index contributed by atoms with van der Waals surface area (Å²) in [6, 6.07) is 12.4. The Morgan fingerprint density at radius 3 is 2.78 bits per heavy atom. The van der Waals surface area contributed by atoms with Crippen LogP contribution in [0.3, 0.4) is 0 Å². The van der Waals surface area contributed by atoms with Gasteiger partial charge >= 0.3 is 6.03 Å². The second kappa shape index (κ2) is 6.49. The van der Waals surface area contributed by atoms with E-state index < -0.39 is 0 Å². The first-order valence-electron chi connectivity index (χ1n) is 8.40. The lowest BCUT2D eigenvalue weighted by Crippen LogP contribution is -2.44. The predicted octanol–water partition coefficient (Wildman–Crippen LogP) is 4.49. The number of hydrogen-bond acceptors (Lipinski definition) is 1. The Kier molecular flexibility index (Phi) is 4.42. The maximum absolute atomic E-state index is 12.8. The van der Waals surface area contributed by atoms with E-state index in [0.717, 1.165) is 37.2 Å². The summed E-state index contributed by atoms with van der Waals surface area (Å²) in [5, 5.41) is 3.06. The fourth-order valence-electron chi connectivity index (χ4n) is 3.45. The van der Waals surface area contributed by atoms with Crippen LogP contribution in [0.15, 0.2) is 36.4 Å². The average molecular weight is 311 g/mol. The highest BCUT2D eigenvalue weighted by atomic mass is 16.2. The standard InChI is InChI=1S/C19H25N3O/c1-4-6-17-18-10-9-15(3)21(18)11-12-22(17)19(23)20-16-8-5-7-14(2)13-16/h5,7-10,13,17H,4,6,11-12H2,1-3H3,(H,20,23). The van der Waals surface area contributed by atoms with Crippen molar-refractivity contribution in [3.05, 3.63) is 53.3 Å². The van der Waals surface area contributed by atoms with Crippen LogP contribution in [-0.2, 0) is 6.54 Å². The molecule has 0 fully saturated rings. The third kappa shape index (κ3) is 3.11. The first-order valence-corrected chi connectivity index (χ1v) is 8.40. The summed E-state index contributed by atoms with van der Waals surface area (Å²) in [5.74, 6) is 0. The number of hydrogen-bond donors (Lipinski definition) is 1. The number of anilines is 1. The molecule has 0 saturated heterocycles. The van der Waals surface area contributed by atoms with Gasteiger partial charge in [0.1, 0.15) is 0 Å². The average Bonchev–Trinajstić information content (AvgIpc) is 2.90. The summed E-state index contributed by atoms with van der Waals surface area (Å²) in [6.45, 7) is 7.97. The lowest BCUT2D eigenvalue weighted by atomic mass is 10.0. The molecule has 1 unspecified atom stereocenters. The minimum atomic E-state index is -0.000784. The van der Waals surface area contributed by atoms with Gasteiger partial charge in [-0.1, -0.05) is 25.5 Å². The molecule has 23 heavy (non-hydrogen) atoms. The molecule has 1 aromatic carbocycles. The van der Waals surface area contributed by atoms with Crippen LogP contribution in [0.25, 0.3) is 0 Å². The van der Waals surface area contributed by atoms with Gasteiger partial charge in [-0.15, -0.1) is 0 Å². The molecule has 1 aliphatic heterocycles. The lowest BCUT2D eigenvalue weighted by molar-refractivity contribution is 0.162. The molecule has 2 heterocycles. The molecule has 2 amide bonds. The third-order valence-electron chi connectivity index (χ3n) is 4.61. The number of nitrogens with one attached hydrogen (secondary N) is 1. The molecule has 0 spiro atoms. The van der Waals surface area contributed by atoms with Crippen LogP contribution < -0.4 is 5.32 Å². The maximum atomic E-state index is 12.8. The van der Waals surface area contributed by atoms with Gasteiger partial charge < -0.3 is 14.8 Å². The Bertz CT molecular complexity index is 704. The number of aryl methyl sites for hydroxylation is 2. The minimum Gasteiger partial charge on any atom is -0.345 e. The molecule has 0 saturated carbocycles. The Morgan fingerprint density at radius 2 is 2.04 bits per heavy atom. The molecule has 1 aliphatic rings. The van der Waals surface area contributed by atoms with Gasteiger partial charge in [0.05, 0.1) is 6.04 Å². The van der Waals surface area contributed by atoms with Crippen molar-refractivity contribution >= 4 is 11.7 Å². The van der Waals surface area contributed by atoms with Crippen LogP contribution in [0.2, 0.25) is 0 Å². The molecule has 0 radical (unpaired) electrons. The van der Waals surface area contributed by atoms with Crippen molar-refractivity contribution in [2.75, 3.05) is 11.9 Å². The van der Waals surface area contributed by atoms with Crippen molar-refractivity contribution in [2.24, 2.45) is 0 Å². The van der Waals surface area contributed by atoms with Gasteiger partial charge in [0.2, 0.25) is 0 Å². The topological polar surface area (TPSA) is 37.3 Å². The van der Waals surface area contributed by atoms with Crippen LogP contribution in [0.4, 0.5) is 10.5 Å². The van der Waals surface area contributed by atoms with E-state index in [1.807, 2.05) is 36.1 Å². The largest absolute Gasteiger partial charge is 0.345 e. The smallest absolute Gasteiger partial charge is 0.322 e. The molecule has 0 bridgehead atoms. The predicted molar refractivity (Wildman–Crippen MR) is 93.7 cm³/mol. The van der Waals surface area contributed by atoms with Crippen LogP contribution in [0.1, 0.15) is 42.8 Å². The number of fused-ring (bicyclic) bond motifs is 1. The summed E-state index contributed by atoms with van der Waals surface area (Å²) in [5.41, 5.74) is 4.55. The number of urea groups is 1. The zero-order valence-electron chi connectivity index (χ0n) is 14.2. The van der Waals surface area contributed by atoms with Crippen molar-refractivity contribution < 1.29 is 4.79 Å². The lowest BCUT2D eigenvalue weighted by Gasteiger charge is -2.37. The van der Waals surface area contributed by atoms with Crippen LogP contribution in [0, 0.1) is 13.8 Å². The Morgan fingerprint density at radius 1 is 1.22 bits per heavy atom. The fraction of sp³-hybridized carbons (Fsp3) is 0.421. The molecule has 1 atom stereocenters. The van der Waals surface area contributed by atoms with Gasteiger partial charge in [-0.3, -0.25) is 0 Å². The quantitative estimate of drug-likeness (QED) is 0.890. The number of rotatable bonds is 3. The summed E-state index contributed by atoms with van der Waals surface area (Å²) >= 11 is 0. The van der Waals surface area contributed by atoms with Crippen molar-refractivity contribution in [3.8, 4) is 0 Å². The summed E-state index contributed by atoms with van der Waals surface area (Å²) in [7, 11) is 0. The molecular weight excluding hydrogens is 286 g/mol. The van der Waals surface area contributed by atoms with Crippen molar-refractivity contribution in [3.63, 3.8) is 0 Å². The highest BCUT2D eigenvalue weighted by molar-refractivity contribution is 5.89. The van der Waals surface area contributed by atoms with Crippen molar-refractivity contribution in [2.45, 2.75) is 46.2 Å². The second-order valence-electron chi connectivity index (χ2n) is 6.35.